The van der Waals surface area contributed by atoms with Crippen LogP contribution in [0.2, 0.25) is 0 Å². The molecule has 2 heterocycles. The van der Waals surface area contributed by atoms with Crippen molar-refractivity contribution in [2.75, 3.05) is 11.5 Å². The number of thioether (sulfide) groups is 1. The zero-order valence-electron chi connectivity index (χ0n) is 10.8. The van der Waals surface area contributed by atoms with Gasteiger partial charge in [-0.2, -0.15) is 15.0 Å². The van der Waals surface area contributed by atoms with E-state index in [2.05, 4.69) is 31.0 Å². The normalized spacial score (nSPS) is 11.1. The van der Waals surface area contributed by atoms with Gasteiger partial charge in [0, 0.05) is 0 Å². The molecule has 0 amide bonds. The first-order valence-corrected chi connectivity index (χ1v) is 6.94. The molecular formula is C12H13N7S. The van der Waals surface area contributed by atoms with Gasteiger partial charge in [-0.05, 0) is 24.6 Å². The molecule has 1 aromatic carbocycles. The van der Waals surface area contributed by atoms with E-state index >= 15 is 0 Å². The van der Waals surface area contributed by atoms with Crippen LogP contribution in [0.5, 0.6) is 0 Å². The van der Waals surface area contributed by atoms with Crippen molar-refractivity contribution in [3.8, 4) is 0 Å². The van der Waals surface area contributed by atoms with Crippen molar-refractivity contribution in [3.05, 3.63) is 29.6 Å². The Labute approximate surface area is 119 Å². The molecule has 20 heavy (non-hydrogen) atoms. The molecule has 0 saturated carbocycles. The van der Waals surface area contributed by atoms with Gasteiger partial charge in [-0.1, -0.05) is 17.8 Å². The maximum atomic E-state index is 5.53. The number of hydrogen-bond donors (Lipinski definition) is 3. The zero-order chi connectivity index (χ0) is 14.1. The summed E-state index contributed by atoms with van der Waals surface area (Å²) >= 11 is 1.49. The fourth-order valence-electron chi connectivity index (χ4n) is 1.82. The number of hydrogen-bond acceptors (Lipinski definition) is 7. The van der Waals surface area contributed by atoms with E-state index in [1.54, 1.807) is 0 Å². The molecule has 0 unspecified atom stereocenters. The monoisotopic (exact) mass is 287 g/mol. The summed E-state index contributed by atoms with van der Waals surface area (Å²) in [4.78, 5) is 19.5. The lowest BCUT2D eigenvalue weighted by atomic mass is 10.2. The van der Waals surface area contributed by atoms with E-state index in [0.29, 0.717) is 11.6 Å². The van der Waals surface area contributed by atoms with Crippen LogP contribution in [0, 0.1) is 6.92 Å². The number of fused-ring (bicyclic) bond motifs is 1. The number of aryl methyl sites for hydroxylation is 1. The van der Waals surface area contributed by atoms with Crippen molar-refractivity contribution >= 4 is 34.7 Å². The largest absolute Gasteiger partial charge is 0.368 e. The highest BCUT2D eigenvalue weighted by Crippen LogP contribution is 2.22. The topological polar surface area (TPSA) is 119 Å². The number of H-pyrrole nitrogens is 1. The number of nitrogens with zero attached hydrogens (tertiary/aromatic N) is 4. The third kappa shape index (κ3) is 2.64. The standard InChI is InChI=1S/C12H13N7S/c1-6-2-3-7-8(4-6)16-12(15-7)20-5-9-17-10(13)19-11(14)18-9/h2-4H,5H2,1H3,(H,15,16)(H4,13,14,17,18,19). The maximum absolute atomic E-state index is 5.53. The van der Waals surface area contributed by atoms with Gasteiger partial charge in [0.25, 0.3) is 0 Å². The SMILES string of the molecule is Cc1ccc2nc(SCc3nc(N)nc(N)n3)[nH]c2c1. The third-order valence-corrected chi connectivity index (χ3v) is 3.54. The molecule has 0 bridgehead atoms. The molecule has 2 aromatic heterocycles. The van der Waals surface area contributed by atoms with E-state index in [4.69, 9.17) is 11.5 Å². The lowest BCUT2D eigenvalue weighted by Gasteiger charge is -2.00. The van der Waals surface area contributed by atoms with Gasteiger partial charge in [-0.15, -0.1) is 0 Å². The van der Waals surface area contributed by atoms with Crippen molar-refractivity contribution in [2.24, 2.45) is 0 Å². The van der Waals surface area contributed by atoms with Gasteiger partial charge in [0.1, 0.15) is 5.82 Å². The molecule has 0 fully saturated rings. The van der Waals surface area contributed by atoms with Crippen LogP contribution in [-0.4, -0.2) is 24.9 Å². The second kappa shape index (κ2) is 4.97. The molecule has 5 N–H and O–H groups in total. The highest BCUT2D eigenvalue weighted by molar-refractivity contribution is 7.98. The van der Waals surface area contributed by atoms with Gasteiger partial charge >= 0.3 is 0 Å². The lowest BCUT2D eigenvalue weighted by Crippen LogP contribution is -2.05. The predicted octanol–water partition coefficient (Wildman–Crippen LogP) is 1.51. The van der Waals surface area contributed by atoms with Crippen LogP contribution in [0.1, 0.15) is 11.4 Å². The smallest absolute Gasteiger partial charge is 0.225 e. The van der Waals surface area contributed by atoms with Crippen molar-refractivity contribution in [2.45, 2.75) is 17.8 Å². The number of aromatic nitrogens is 5. The molecule has 0 aliphatic rings. The van der Waals surface area contributed by atoms with Crippen LogP contribution in [0.4, 0.5) is 11.9 Å². The van der Waals surface area contributed by atoms with Gasteiger partial charge in [-0.3, -0.25) is 0 Å². The van der Waals surface area contributed by atoms with Crippen LogP contribution in [0.3, 0.4) is 0 Å². The molecule has 0 aliphatic heterocycles. The summed E-state index contributed by atoms with van der Waals surface area (Å²) in [6.07, 6.45) is 0. The first-order chi connectivity index (χ1) is 9.60. The van der Waals surface area contributed by atoms with E-state index in [0.717, 1.165) is 16.2 Å². The molecule has 0 aliphatic carbocycles. The minimum Gasteiger partial charge on any atom is -0.368 e. The summed E-state index contributed by atoms with van der Waals surface area (Å²) in [5.41, 5.74) is 14.2. The number of nitrogens with one attached hydrogen (secondary N) is 1. The zero-order valence-corrected chi connectivity index (χ0v) is 11.6. The Morgan fingerprint density at radius 1 is 1.10 bits per heavy atom. The first-order valence-electron chi connectivity index (χ1n) is 5.95. The number of rotatable bonds is 3. The van der Waals surface area contributed by atoms with E-state index in [9.17, 15) is 0 Å². The Balaban J connectivity index is 1.79. The molecule has 7 nitrogen and oxygen atoms in total. The van der Waals surface area contributed by atoms with Gasteiger partial charge in [0.05, 0.1) is 16.8 Å². The fourth-order valence-corrected chi connectivity index (χ4v) is 2.56. The summed E-state index contributed by atoms with van der Waals surface area (Å²) in [5, 5.41) is 0.808. The first kappa shape index (κ1) is 12.7. The second-order valence-corrected chi connectivity index (χ2v) is 5.28. The summed E-state index contributed by atoms with van der Waals surface area (Å²) in [7, 11) is 0. The van der Waals surface area contributed by atoms with Crippen molar-refractivity contribution in [1.82, 2.24) is 24.9 Å². The summed E-state index contributed by atoms with van der Waals surface area (Å²) < 4.78 is 0. The number of anilines is 2. The Hall–Kier alpha value is -2.35. The molecule has 0 atom stereocenters. The van der Waals surface area contributed by atoms with E-state index in [-0.39, 0.29) is 11.9 Å². The van der Waals surface area contributed by atoms with Crippen LogP contribution < -0.4 is 11.5 Å². The van der Waals surface area contributed by atoms with Gasteiger partial charge in [0.15, 0.2) is 5.16 Å². The molecule has 8 heteroatoms. The minimum absolute atomic E-state index is 0.133. The van der Waals surface area contributed by atoms with Gasteiger partial charge in [-0.25, -0.2) is 4.98 Å². The highest BCUT2D eigenvalue weighted by Gasteiger charge is 2.07. The highest BCUT2D eigenvalue weighted by atomic mass is 32.2. The fraction of sp³-hybridized carbons (Fsp3) is 0.167. The average molecular weight is 287 g/mol. The Morgan fingerprint density at radius 2 is 1.85 bits per heavy atom. The Kier molecular flexibility index (Phi) is 3.15. The molecular weight excluding hydrogens is 274 g/mol. The van der Waals surface area contributed by atoms with Crippen LogP contribution >= 0.6 is 11.8 Å². The third-order valence-electron chi connectivity index (χ3n) is 2.67. The Bertz CT molecular complexity index is 747. The van der Waals surface area contributed by atoms with Gasteiger partial charge in [0.2, 0.25) is 11.9 Å². The Morgan fingerprint density at radius 3 is 2.60 bits per heavy atom. The minimum atomic E-state index is 0.133. The van der Waals surface area contributed by atoms with Crippen LogP contribution in [-0.2, 0) is 5.75 Å². The van der Waals surface area contributed by atoms with E-state index < -0.39 is 0 Å². The van der Waals surface area contributed by atoms with Crippen molar-refractivity contribution < 1.29 is 0 Å². The molecule has 0 saturated heterocycles. The van der Waals surface area contributed by atoms with Crippen LogP contribution in [0.15, 0.2) is 23.4 Å². The number of nitrogens with two attached hydrogens (primary N) is 2. The van der Waals surface area contributed by atoms with E-state index in [1.165, 1.54) is 17.3 Å². The van der Waals surface area contributed by atoms with E-state index in [1.807, 2.05) is 19.1 Å². The second-order valence-electron chi connectivity index (χ2n) is 4.32. The number of imidazole rings is 1. The number of benzene rings is 1. The van der Waals surface area contributed by atoms with Gasteiger partial charge < -0.3 is 16.5 Å². The molecule has 3 rings (SSSR count). The molecule has 0 spiro atoms. The molecule has 0 radical (unpaired) electrons. The average Bonchev–Trinajstić information content (AvgIpc) is 2.77. The molecule has 3 aromatic rings. The maximum Gasteiger partial charge on any atom is 0.225 e. The summed E-state index contributed by atoms with van der Waals surface area (Å²) in [6, 6.07) is 6.08. The van der Waals surface area contributed by atoms with Crippen LogP contribution in [0.25, 0.3) is 11.0 Å². The lowest BCUT2D eigenvalue weighted by molar-refractivity contribution is 0.981. The number of nitrogen functional groups attached to an aromatic ring is 2. The van der Waals surface area contributed by atoms with Crippen molar-refractivity contribution in [1.29, 1.82) is 0 Å². The number of aromatic amines is 1. The summed E-state index contributed by atoms with van der Waals surface area (Å²) in [6.45, 7) is 2.05. The van der Waals surface area contributed by atoms with Crippen molar-refractivity contribution in [3.63, 3.8) is 0 Å². The predicted molar refractivity (Wildman–Crippen MR) is 79.0 cm³/mol. The summed E-state index contributed by atoms with van der Waals surface area (Å²) in [5.74, 6) is 1.33. The molecule has 102 valence electrons. The quantitative estimate of drug-likeness (QED) is 0.624.